The zero-order valence-electron chi connectivity index (χ0n) is 15.5. The molecule has 1 fully saturated rings. The predicted octanol–water partition coefficient (Wildman–Crippen LogP) is 4.06. The maximum absolute atomic E-state index is 12.7. The number of hydrogen-bond donors (Lipinski definition) is 1. The van der Waals surface area contributed by atoms with Crippen LogP contribution >= 0.6 is 0 Å². The molecule has 2 aliphatic rings. The Labute approximate surface area is 159 Å². The summed E-state index contributed by atoms with van der Waals surface area (Å²) in [5.41, 5.74) is 5.91. The number of likely N-dealkylation sites (tertiary alicyclic amines) is 1. The quantitative estimate of drug-likeness (QED) is 0.762. The van der Waals surface area contributed by atoms with Crippen LogP contribution in [0, 0.1) is 5.92 Å². The highest BCUT2D eigenvalue weighted by Gasteiger charge is 2.29. The Bertz CT molecular complexity index is 878. The van der Waals surface area contributed by atoms with Crippen LogP contribution in [-0.4, -0.2) is 36.6 Å². The van der Waals surface area contributed by atoms with Gasteiger partial charge < -0.3 is 15.0 Å². The molecule has 1 aliphatic carbocycles. The van der Waals surface area contributed by atoms with Crippen molar-refractivity contribution in [3.63, 3.8) is 0 Å². The van der Waals surface area contributed by atoms with E-state index in [2.05, 4.69) is 41.7 Å². The van der Waals surface area contributed by atoms with E-state index in [1.165, 1.54) is 22.3 Å². The minimum Gasteiger partial charge on any atom is -0.450 e. The first kappa shape index (κ1) is 17.6. The molecule has 1 aliphatic heterocycles. The molecule has 0 spiro atoms. The van der Waals surface area contributed by atoms with Crippen molar-refractivity contribution in [2.45, 2.75) is 26.2 Å². The number of hydrogen-bond acceptors (Lipinski definition) is 3. The normalized spacial score (nSPS) is 17.8. The van der Waals surface area contributed by atoms with Crippen molar-refractivity contribution in [1.82, 2.24) is 4.90 Å². The molecule has 27 heavy (non-hydrogen) atoms. The molecule has 0 bridgehead atoms. The summed E-state index contributed by atoms with van der Waals surface area (Å²) in [6.07, 6.45) is 2.18. The standard InChI is InChI=1S/C22H24N2O3/c1-2-27-22(26)24-11-5-7-16(14-24)21(25)23-18-9-10-20-17(13-18)12-15-6-3-4-8-19(15)20/h3-4,6,8-10,13,16H,2,5,7,11-12,14H2,1H3,(H,23,25)/t16-/m1/s1. The maximum atomic E-state index is 12.7. The zero-order valence-corrected chi connectivity index (χ0v) is 15.5. The number of rotatable bonds is 3. The lowest BCUT2D eigenvalue weighted by Gasteiger charge is -2.31. The van der Waals surface area contributed by atoms with E-state index in [0.717, 1.165) is 24.9 Å². The minimum atomic E-state index is -0.328. The summed E-state index contributed by atoms with van der Waals surface area (Å²) in [7, 11) is 0. The van der Waals surface area contributed by atoms with Gasteiger partial charge in [-0.05, 0) is 60.6 Å². The second-order valence-corrected chi connectivity index (χ2v) is 7.18. The Morgan fingerprint density at radius 3 is 2.81 bits per heavy atom. The SMILES string of the molecule is CCOC(=O)N1CCC[C@@H](C(=O)Nc2ccc3c(c2)Cc2ccccc2-3)C1. The first-order valence-electron chi connectivity index (χ1n) is 9.59. The molecule has 2 aromatic rings. The summed E-state index contributed by atoms with van der Waals surface area (Å²) in [6.45, 7) is 3.21. The molecule has 5 heteroatoms. The third-order valence-corrected chi connectivity index (χ3v) is 5.38. The topological polar surface area (TPSA) is 58.6 Å². The average molecular weight is 364 g/mol. The smallest absolute Gasteiger partial charge is 0.409 e. The van der Waals surface area contributed by atoms with E-state index < -0.39 is 0 Å². The first-order valence-corrected chi connectivity index (χ1v) is 9.59. The largest absolute Gasteiger partial charge is 0.450 e. The van der Waals surface area contributed by atoms with E-state index >= 15 is 0 Å². The van der Waals surface area contributed by atoms with Crippen molar-refractivity contribution in [2.75, 3.05) is 25.0 Å². The van der Waals surface area contributed by atoms with E-state index in [1.54, 1.807) is 11.8 Å². The molecule has 5 nitrogen and oxygen atoms in total. The van der Waals surface area contributed by atoms with Gasteiger partial charge in [-0.3, -0.25) is 4.79 Å². The van der Waals surface area contributed by atoms with Gasteiger partial charge in [-0.2, -0.15) is 0 Å². The van der Waals surface area contributed by atoms with Crippen LogP contribution in [0.1, 0.15) is 30.9 Å². The number of nitrogens with one attached hydrogen (secondary N) is 1. The van der Waals surface area contributed by atoms with Crippen molar-refractivity contribution in [3.05, 3.63) is 53.6 Å². The lowest BCUT2D eigenvalue weighted by molar-refractivity contribution is -0.121. The van der Waals surface area contributed by atoms with Gasteiger partial charge in [0, 0.05) is 18.8 Å². The molecular weight excluding hydrogens is 340 g/mol. The van der Waals surface area contributed by atoms with Crippen molar-refractivity contribution < 1.29 is 14.3 Å². The van der Waals surface area contributed by atoms with E-state index in [-0.39, 0.29) is 17.9 Å². The highest BCUT2D eigenvalue weighted by molar-refractivity contribution is 5.94. The summed E-state index contributed by atoms with van der Waals surface area (Å²) in [6, 6.07) is 14.5. The van der Waals surface area contributed by atoms with Gasteiger partial charge in [0.25, 0.3) is 0 Å². The second-order valence-electron chi connectivity index (χ2n) is 7.18. The molecule has 0 unspecified atom stereocenters. The van der Waals surface area contributed by atoms with E-state index in [0.29, 0.717) is 19.7 Å². The van der Waals surface area contributed by atoms with Crippen LogP contribution in [0.15, 0.2) is 42.5 Å². The molecule has 140 valence electrons. The summed E-state index contributed by atoms with van der Waals surface area (Å²) in [5, 5.41) is 3.04. The molecule has 0 saturated carbocycles. The van der Waals surface area contributed by atoms with Gasteiger partial charge in [0.15, 0.2) is 0 Å². The molecule has 1 saturated heterocycles. The summed E-state index contributed by atoms with van der Waals surface area (Å²) in [5.74, 6) is -0.229. The van der Waals surface area contributed by atoms with Crippen LogP contribution in [0.4, 0.5) is 10.5 Å². The summed E-state index contributed by atoms with van der Waals surface area (Å²) in [4.78, 5) is 26.3. The van der Waals surface area contributed by atoms with Gasteiger partial charge >= 0.3 is 6.09 Å². The van der Waals surface area contributed by atoms with Gasteiger partial charge in [0.05, 0.1) is 12.5 Å². The molecule has 1 N–H and O–H groups in total. The van der Waals surface area contributed by atoms with E-state index in [9.17, 15) is 9.59 Å². The zero-order chi connectivity index (χ0) is 18.8. The lowest BCUT2D eigenvalue weighted by atomic mass is 9.97. The molecule has 2 amide bonds. The van der Waals surface area contributed by atoms with Gasteiger partial charge in [0.2, 0.25) is 5.91 Å². The Morgan fingerprint density at radius 2 is 1.96 bits per heavy atom. The Morgan fingerprint density at radius 1 is 1.15 bits per heavy atom. The molecule has 4 rings (SSSR count). The molecule has 1 atom stereocenters. The predicted molar refractivity (Wildman–Crippen MR) is 105 cm³/mol. The van der Waals surface area contributed by atoms with Crippen LogP contribution in [0.5, 0.6) is 0 Å². The molecular formula is C22H24N2O3. The van der Waals surface area contributed by atoms with Crippen LogP contribution < -0.4 is 5.32 Å². The number of benzene rings is 2. The minimum absolute atomic E-state index is 0.0283. The second kappa shape index (κ2) is 7.43. The molecule has 1 heterocycles. The fourth-order valence-corrected chi connectivity index (χ4v) is 4.04. The van der Waals surface area contributed by atoms with Gasteiger partial charge in [0.1, 0.15) is 0 Å². The highest BCUT2D eigenvalue weighted by Crippen LogP contribution is 2.37. The number of fused-ring (bicyclic) bond motifs is 3. The van der Waals surface area contributed by atoms with Crippen LogP contribution in [0.3, 0.4) is 0 Å². The van der Waals surface area contributed by atoms with Crippen LogP contribution in [0.2, 0.25) is 0 Å². The Balaban J connectivity index is 1.43. The average Bonchev–Trinajstić information content (AvgIpc) is 3.06. The van der Waals surface area contributed by atoms with Crippen LogP contribution in [-0.2, 0) is 16.0 Å². The molecule has 0 aromatic heterocycles. The number of amides is 2. The number of carbonyl (C=O) groups excluding carboxylic acids is 2. The summed E-state index contributed by atoms with van der Waals surface area (Å²) < 4.78 is 5.06. The van der Waals surface area contributed by atoms with E-state index in [1.807, 2.05) is 6.07 Å². The first-order chi connectivity index (χ1) is 13.2. The number of nitrogens with zero attached hydrogens (tertiary/aromatic N) is 1. The van der Waals surface area contributed by atoms with Crippen LogP contribution in [0.25, 0.3) is 11.1 Å². The van der Waals surface area contributed by atoms with Gasteiger partial charge in [-0.25, -0.2) is 4.79 Å². The number of carbonyl (C=O) groups is 2. The fraction of sp³-hybridized carbons (Fsp3) is 0.364. The van der Waals surface area contributed by atoms with Gasteiger partial charge in [-0.1, -0.05) is 30.3 Å². The van der Waals surface area contributed by atoms with Gasteiger partial charge in [-0.15, -0.1) is 0 Å². The number of anilines is 1. The Hall–Kier alpha value is -2.82. The van der Waals surface area contributed by atoms with Crippen molar-refractivity contribution >= 4 is 17.7 Å². The number of ether oxygens (including phenoxy) is 1. The third kappa shape index (κ3) is 3.54. The number of piperidine rings is 1. The summed E-state index contributed by atoms with van der Waals surface area (Å²) >= 11 is 0. The fourth-order valence-electron chi connectivity index (χ4n) is 4.04. The van der Waals surface area contributed by atoms with Crippen molar-refractivity contribution in [2.24, 2.45) is 5.92 Å². The highest BCUT2D eigenvalue weighted by atomic mass is 16.6. The van der Waals surface area contributed by atoms with Crippen molar-refractivity contribution in [3.8, 4) is 11.1 Å². The lowest BCUT2D eigenvalue weighted by Crippen LogP contribution is -2.44. The maximum Gasteiger partial charge on any atom is 0.409 e. The Kier molecular flexibility index (Phi) is 4.84. The third-order valence-electron chi connectivity index (χ3n) is 5.38. The van der Waals surface area contributed by atoms with Crippen molar-refractivity contribution in [1.29, 1.82) is 0 Å². The molecule has 2 aromatic carbocycles. The molecule has 0 radical (unpaired) electrons. The monoisotopic (exact) mass is 364 g/mol. The van der Waals surface area contributed by atoms with E-state index in [4.69, 9.17) is 4.74 Å².